The summed E-state index contributed by atoms with van der Waals surface area (Å²) < 4.78 is 5.11. The first-order valence-corrected chi connectivity index (χ1v) is 6.48. The quantitative estimate of drug-likeness (QED) is 0.742. The number of aliphatic carboxylic acids is 1. The van der Waals surface area contributed by atoms with Gasteiger partial charge in [0.15, 0.2) is 0 Å². The fourth-order valence-corrected chi connectivity index (χ4v) is 1.39. The highest BCUT2D eigenvalue weighted by atomic mass is 16.6. The van der Waals surface area contributed by atoms with Crippen LogP contribution in [0.5, 0.6) is 0 Å². The number of amides is 2. The second-order valence-corrected chi connectivity index (χ2v) is 5.37. The molecular formula is C15H18N2O5. The SMILES string of the molecule is CC(C)(C)OC(=O)Nc1ccc(NC(=O)/C=C\C(=O)O)cc1. The molecule has 1 aromatic carbocycles. The lowest BCUT2D eigenvalue weighted by molar-refractivity contribution is -0.131. The van der Waals surface area contributed by atoms with Gasteiger partial charge in [-0.15, -0.1) is 0 Å². The van der Waals surface area contributed by atoms with E-state index in [0.29, 0.717) is 11.4 Å². The first kappa shape index (κ1) is 17.2. The second kappa shape index (κ2) is 7.26. The summed E-state index contributed by atoms with van der Waals surface area (Å²) in [7, 11) is 0. The number of carbonyl (C=O) groups is 3. The summed E-state index contributed by atoms with van der Waals surface area (Å²) >= 11 is 0. The van der Waals surface area contributed by atoms with Crippen molar-refractivity contribution in [2.24, 2.45) is 0 Å². The Labute approximate surface area is 128 Å². The smallest absolute Gasteiger partial charge is 0.412 e. The van der Waals surface area contributed by atoms with Gasteiger partial charge in [-0.05, 0) is 45.0 Å². The Hall–Kier alpha value is -2.83. The van der Waals surface area contributed by atoms with E-state index >= 15 is 0 Å². The van der Waals surface area contributed by atoms with Crippen LogP contribution >= 0.6 is 0 Å². The molecule has 118 valence electrons. The number of ether oxygens (including phenoxy) is 1. The van der Waals surface area contributed by atoms with Gasteiger partial charge in [-0.2, -0.15) is 0 Å². The standard InChI is InChI=1S/C15H18N2O5/c1-15(2,3)22-14(21)17-11-6-4-10(5-7-11)16-12(18)8-9-13(19)20/h4-9H,1-3H3,(H,16,18)(H,17,21)(H,19,20)/b9-8-. The van der Waals surface area contributed by atoms with Gasteiger partial charge in [0.25, 0.3) is 0 Å². The molecular weight excluding hydrogens is 288 g/mol. The summed E-state index contributed by atoms with van der Waals surface area (Å²) in [6.45, 7) is 5.28. The van der Waals surface area contributed by atoms with E-state index in [1.807, 2.05) is 0 Å². The number of carboxylic acids is 1. The van der Waals surface area contributed by atoms with E-state index in [9.17, 15) is 14.4 Å². The summed E-state index contributed by atoms with van der Waals surface area (Å²) in [4.78, 5) is 33.2. The van der Waals surface area contributed by atoms with E-state index < -0.39 is 23.6 Å². The molecule has 0 saturated heterocycles. The fraction of sp³-hybridized carbons (Fsp3) is 0.267. The number of rotatable bonds is 4. The van der Waals surface area contributed by atoms with Crippen LogP contribution in [-0.2, 0) is 14.3 Å². The summed E-state index contributed by atoms with van der Waals surface area (Å²) in [5.41, 5.74) is 0.386. The fourth-order valence-electron chi connectivity index (χ4n) is 1.39. The van der Waals surface area contributed by atoms with Gasteiger partial charge in [-0.25, -0.2) is 9.59 Å². The van der Waals surface area contributed by atoms with Crippen molar-refractivity contribution in [3.05, 3.63) is 36.4 Å². The normalized spacial score (nSPS) is 11.0. The minimum atomic E-state index is -1.20. The lowest BCUT2D eigenvalue weighted by Gasteiger charge is -2.19. The van der Waals surface area contributed by atoms with Crippen LogP contribution in [0.25, 0.3) is 0 Å². The molecule has 22 heavy (non-hydrogen) atoms. The molecule has 0 bridgehead atoms. The van der Waals surface area contributed by atoms with Crippen LogP contribution in [0.15, 0.2) is 36.4 Å². The topological polar surface area (TPSA) is 105 Å². The van der Waals surface area contributed by atoms with Crippen LogP contribution in [0.4, 0.5) is 16.2 Å². The van der Waals surface area contributed by atoms with E-state index in [0.717, 1.165) is 12.2 Å². The van der Waals surface area contributed by atoms with Gasteiger partial charge in [-0.1, -0.05) is 0 Å². The lowest BCUT2D eigenvalue weighted by Crippen LogP contribution is -2.27. The van der Waals surface area contributed by atoms with Gasteiger partial charge in [0.2, 0.25) is 5.91 Å². The van der Waals surface area contributed by atoms with E-state index in [1.165, 1.54) is 0 Å². The maximum absolute atomic E-state index is 11.6. The predicted octanol–water partition coefficient (Wildman–Crippen LogP) is 2.61. The second-order valence-electron chi connectivity index (χ2n) is 5.37. The molecule has 1 rings (SSSR count). The predicted molar refractivity (Wildman–Crippen MR) is 81.7 cm³/mol. The van der Waals surface area contributed by atoms with Crippen molar-refractivity contribution in [1.82, 2.24) is 0 Å². The van der Waals surface area contributed by atoms with Crippen LogP contribution < -0.4 is 10.6 Å². The van der Waals surface area contributed by atoms with Crippen LogP contribution in [0.1, 0.15) is 20.8 Å². The Morgan fingerprint density at radius 2 is 1.50 bits per heavy atom. The van der Waals surface area contributed by atoms with Crippen LogP contribution in [0.2, 0.25) is 0 Å². The van der Waals surface area contributed by atoms with E-state index in [-0.39, 0.29) is 0 Å². The van der Waals surface area contributed by atoms with Crippen molar-refractivity contribution in [3.63, 3.8) is 0 Å². The molecule has 0 radical (unpaired) electrons. The highest BCUT2D eigenvalue weighted by molar-refractivity contribution is 6.02. The van der Waals surface area contributed by atoms with Gasteiger partial charge >= 0.3 is 12.1 Å². The minimum absolute atomic E-state index is 0.467. The van der Waals surface area contributed by atoms with Gasteiger partial charge < -0.3 is 15.2 Å². The molecule has 0 heterocycles. The number of nitrogens with one attached hydrogen (secondary N) is 2. The van der Waals surface area contributed by atoms with Gasteiger partial charge in [0.05, 0.1) is 0 Å². The average molecular weight is 306 g/mol. The molecule has 0 spiro atoms. The number of carbonyl (C=O) groups excluding carboxylic acids is 2. The van der Waals surface area contributed by atoms with Crippen molar-refractivity contribution in [2.45, 2.75) is 26.4 Å². The highest BCUT2D eigenvalue weighted by Crippen LogP contribution is 2.15. The van der Waals surface area contributed by atoms with Crippen molar-refractivity contribution < 1.29 is 24.2 Å². The Morgan fingerprint density at radius 1 is 1.00 bits per heavy atom. The summed E-state index contributed by atoms with van der Waals surface area (Å²) in [6, 6.07) is 6.30. The zero-order chi connectivity index (χ0) is 16.8. The molecule has 0 aromatic heterocycles. The van der Waals surface area contributed by atoms with Crippen molar-refractivity contribution in [3.8, 4) is 0 Å². The van der Waals surface area contributed by atoms with Gasteiger partial charge in [0.1, 0.15) is 5.60 Å². The summed E-state index contributed by atoms with van der Waals surface area (Å²) in [6.07, 6.45) is 1.08. The number of hydrogen-bond donors (Lipinski definition) is 3. The summed E-state index contributed by atoms with van der Waals surface area (Å²) in [5.74, 6) is -1.76. The van der Waals surface area contributed by atoms with E-state index in [1.54, 1.807) is 45.0 Å². The first-order valence-electron chi connectivity index (χ1n) is 6.48. The van der Waals surface area contributed by atoms with Crippen molar-refractivity contribution >= 4 is 29.3 Å². The lowest BCUT2D eigenvalue weighted by atomic mass is 10.2. The van der Waals surface area contributed by atoms with E-state index in [2.05, 4.69) is 10.6 Å². The maximum Gasteiger partial charge on any atom is 0.412 e. The largest absolute Gasteiger partial charge is 0.478 e. The summed E-state index contributed by atoms with van der Waals surface area (Å²) in [5, 5.41) is 13.4. The maximum atomic E-state index is 11.6. The average Bonchev–Trinajstić information content (AvgIpc) is 2.36. The van der Waals surface area contributed by atoms with Gasteiger partial charge in [-0.3, -0.25) is 10.1 Å². The third kappa shape index (κ3) is 7.09. The Bertz CT molecular complexity index is 585. The first-order chi connectivity index (χ1) is 10.2. The van der Waals surface area contributed by atoms with Crippen molar-refractivity contribution in [1.29, 1.82) is 0 Å². The molecule has 3 N–H and O–H groups in total. The van der Waals surface area contributed by atoms with Crippen LogP contribution in [-0.4, -0.2) is 28.7 Å². The Balaban J connectivity index is 2.58. The molecule has 0 aliphatic heterocycles. The third-order valence-electron chi connectivity index (χ3n) is 2.18. The zero-order valence-corrected chi connectivity index (χ0v) is 12.5. The molecule has 0 unspecified atom stereocenters. The molecule has 0 fully saturated rings. The minimum Gasteiger partial charge on any atom is -0.478 e. The molecule has 0 aliphatic rings. The molecule has 7 heteroatoms. The molecule has 7 nitrogen and oxygen atoms in total. The number of anilines is 2. The molecule has 1 aromatic rings. The number of hydrogen-bond acceptors (Lipinski definition) is 4. The molecule has 2 amide bonds. The molecule has 0 atom stereocenters. The zero-order valence-electron chi connectivity index (χ0n) is 12.5. The van der Waals surface area contributed by atoms with Gasteiger partial charge in [0, 0.05) is 23.5 Å². The molecule has 0 aliphatic carbocycles. The highest BCUT2D eigenvalue weighted by Gasteiger charge is 2.16. The number of benzene rings is 1. The Kier molecular flexibility index (Phi) is 5.68. The molecule has 0 saturated carbocycles. The van der Waals surface area contributed by atoms with Crippen LogP contribution in [0.3, 0.4) is 0 Å². The van der Waals surface area contributed by atoms with E-state index in [4.69, 9.17) is 9.84 Å². The number of carboxylic acid groups (broad SMARTS) is 1. The van der Waals surface area contributed by atoms with Crippen molar-refractivity contribution in [2.75, 3.05) is 10.6 Å². The monoisotopic (exact) mass is 306 g/mol. The van der Waals surface area contributed by atoms with Crippen LogP contribution in [0, 0.1) is 0 Å². The Morgan fingerprint density at radius 3 is 1.95 bits per heavy atom. The third-order valence-corrected chi connectivity index (χ3v) is 2.18.